The molecule has 10 heteroatoms. The maximum absolute atomic E-state index is 12.2. The Hall–Kier alpha value is -3.37. The third-order valence-corrected chi connectivity index (χ3v) is 6.70. The first-order valence-corrected chi connectivity index (χ1v) is 12.5. The maximum Gasteiger partial charge on any atom is 0.268 e. The van der Waals surface area contributed by atoms with Crippen LogP contribution in [0.5, 0.6) is 0 Å². The number of aliphatic hydroxyl groups excluding tert-OH is 1. The molecule has 1 unspecified atom stereocenters. The predicted molar refractivity (Wildman–Crippen MR) is 140 cm³/mol. The summed E-state index contributed by atoms with van der Waals surface area (Å²) in [6.07, 6.45) is 5.50. The third-order valence-electron chi connectivity index (χ3n) is 6.70. The highest BCUT2D eigenvalue weighted by atomic mass is 16.6. The minimum absolute atomic E-state index is 0.120. The van der Waals surface area contributed by atoms with Gasteiger partial charge in [-0.15, -0.1) is 0 Å². The van der Waals surface area contributed by atoms with Gasteiger partial charge in [-0.25, -0.2) is 0 Å². The van der Waals surface area contributed by atoms with E-state index >= 15 is 0 Å². The lowest BCUT2D eigenvalue weighted by Gasteiger charge is -2.34. The molecule has 3 aliphatic heterocycles. The van der Waals surface area contributed by atoms with Crippen molar-refractivity contribution in [1.29, 1.82) is 0 Å². The monoisotopic (exact) mass is 495 g/mol. The summed E-state index contributed by atoms with van der Waals surface area (Å²) in [4.78, 5) is 25.4. The summed E-state index contributed by atoms with van der Waals surface area (Å²) in [7, 11) is 1.42. The van der Waals surface area contributed by atoms with E-state index < -0.39 is 6.10 Å². The molecule has 36 heavy (non-hydrogen) atoms. The number of oxime groups is 1. The van der Waals surface area contributed by atoms with Gasteiger partial charge in [0.1, 0.15) is 25.8 Å². The molecule has 0 bridgehead atoms. The van der Waals surface area contributed by atoms with Crippen molar-refractivity contribution in [1.82, 2.24) is 25.8 Å². The Morgan fingerprint density at radius 2 is 2.22 bits per heavy atom. The van der Waals surface area contributed by atoms with Crippen LogP contribution < -0.4 is 16.0 Å². The van der Waals surface area contributed by atoms with E-state index in [9.17, 15) is 9.90 Å². The fraction of sp³-hybridized carbons (Fsp3) is 0.500. The van der Waals surface area contributed by atoms with Crippen molar-refractivity contribution in [2.24, 2.45) is 10.1 Å². The molecule has 194 valence electrons. The minimum Gasteiger partial charge on any atom is -0.399 e. The van der Waals surface area contributed by atoms with Crippen LogP contribution in [-0.4, -0.2) is 91.4 Å². The molecule has 2 atom stereocenters. The van der Waals surface area contributed by atoms with Gasteiger partial charge < -0.3 is 30.8 Å². The quantitative estimate of drug-likeness (QED) is 0.277. The van der Waals surface area contributed by atoms with Gasteiger partial charge >= 0.3 is 0 Å². The number of fused-ring (bicyclic) bond motifs is 1. The number of carbonyl (C=O) groups is 1. The van der Waals surface area contributed by atoms with E-state index in [4.69, 9.17) is 0 Å². The molecule has 1 aromatic rings. The van der Waals surface area contributed by atoms with Crippen molar-refractivity contribution in [3.63, 3.8) is 0 Å². The smallest absolute Gasteiger partial charge is 0.268 e. The number of piperidine rings is 1. The lowest BCUT2D eigenvalue weighted by atomic mass is 10.00. The van der Waals surface area contributed by atoms with Crippen molar-refractivity contribution in [2.45, 2.75) is 38.0 Å². The second kappa shape index (κ2) is 12.5. The molecule has 10 nitrogen and oxygen atoms in total. The molecule has 0 saturated carbocycles. The van der Waals surface area contributed by atoms with E-state index in [1.54, 1.807) is 4.90 Å². The summed E-state index contributed by atoms with van der Waals surface area (Å²) >= 11 is 0. The topological polar surface area (TPSA) is 114 Å². The number of aliphatic hydroxyl groups is 1. The van der Waals surface area contributed by atoms with Crippen LogP contribution in [0, 0.1) is 0 Å². The number of amides is 1. The number of carbonyl (C=O) groups excluding carboxylic acids is 1. The van der Waals surface area contributed by atoms with Gasteiger partial charge in [0.15, 0.2) is 0 Å². The first kappa shape index (κ1) is 25.7. The lowest BCUT2D eigenvalue weighted by Crippen LogP contribution is -2.50. The average molecular weight is 496 g/mol. The number of hydrogen-bond acceptors (Lipinski definition) is 9. The molecule has 0 aliphatic carbocycles. The number of likely N-dealkylation sites (tertiary alicyclic amines) is 1. The van der Waals surface area contributed by atoms with Gasteiger partial charge in [-0.05, 0) is 30.4 Å². The van der Waals surface area contributed by atoms with Gasteiger partial charge in [0.25, 0.3) is 5.91 Å². The largest absolute Gasteiger partial charge is 0.399 e. The molecular weight excluding hydrogens is 458 g/mol. The van der Waals surface area contributed by atoms with E-state index in [1.807, 2.05) is 6.08 Å². The van der Waals surface area contributed by atoms with Crippen LogP contribution >= 0.6 is 0 Å². The molecule has 3 heterocycles. The van der Waals surface area contributed by atoms with Crippen molar-refractivity contribution in [2.75, 3.05) is 46.5 Å². The molecule has 0 aromatic heterocycles. The standard InChI is InChI=1S/C26H37N7O3/c1-19(27-13-23(34)17-32-11-9-20-6-3-4-7-21(20)15-32)24-12-25(29-18-28-24)31-22-8-5-10-33(16-22)26(35)14-30-36-2/h3-4,6-7,12,14,22-23,27,29,31,34H,1,5,8-11,13,15-18H2,2H3/b30-14-/t22?,23-/m0/s1. The summed E-state index contributed by atoms with van der Waals surface area (Å²) in [5.74, 6) is 0.696. The first-order valence-electron chi connectivity index (χ1n) is 12.5. The molecule has 1 saturated heterocycles. The van der Waals surface area contributed by atoms with E-state index in [0.29, 0.717) is 38.5 Å². The summed E-state index contributed by atoms with van der Waals surface area (Å²) in [5, 5.41) is 24.2. The van der Waals surface area contributed by atoms with Gasteiger partial charge in [-0.1, -0.05) is 36.0 Å². The molecule has 0 radical (unpaired) electrons. The van der Waals surface area contributed by atoms with E-state index in [2.05, 4.69) is 66.7 Å². The summed E-state index contributed by atoms with van der Waals surface area (Å²) in [6, 6.07) is 8.63. The zero-order chi connectivity index (χ0) is 25.3. The number of benzene rings is 1. The van der Waals surface area contributed by atoms with Crippen molar-refractivity contribution in [3.05, 3.63) is 59.6 Å². The molecule has 0 spiro atoms. The third kappa shape index (κ3) is 7.08. The number of aliphatic imine (C=N–C) groups is 1. The Morgan fingerprint density at radius 3 is 3.06 bits per heavy atom. The molecule has 1 fully saturated rings. The SMILES string of the molecule is C=C(NC[C@H](O)CN1CCc2ccccc2C1)C1=NCNC(NC2CCCN(C(=O)/C=N\OC)C2)=C1. The van der Waals surface area contributed by atoms with Crippen LogP contribution in [0.2, 0.25) is 0 Å². The van der Waals surface area contributed by atoms with Crippen molar-refractivity contribution < 1.29 is 14.7 Å². The zero-order valence-corrected chi connectivity index (χ0v) is 20.9. The normalized spacial score (nSPS) is 21.1. The maximum atomic E-state index is 12.2. The summed E-state index contributed by atoms with van der Waals surface area (Å²) < 4.78 is 0. The van der Waals surface area contributed by atoms with E-state index in [-0.39, 0.29) is 11.9 Å². The number of rotatable bonds is 10. The molecule has 1 amide bonds. The van der Waals surface area contributed by atoms with Crippen LogP contribution in [0.4, 0.5) is 0 Å². The minimum atomic E-state index is -0.511. The Morgan fingerprint density at radius 1 is 1.39 bits per heavy atom. The van der Waals surface area contributed by atoms with Crippen LogP contribution in [-0.2, 0) is 22.6 Å². The second-order valence-corrected chi connectivity index (χ2v) is 9.39. The Bertz CT molecular complexity index is 1020. The Labute approximate surface area is 212 Å². The van der Waals surface area contributed by atoms with Crippen LogP contribution in [0.3, 0.4) is 0 Å². The number of allylic oxidation sites excluding steroid dienone is 1. The van der Waals surface area contributed by atoms with Crippen LogP contribution in [0.15, 0.2) is 58.6 Å². The zero-order valence-electron chi connectivity index (χ0n) is 20.9. The van der Waals surface area contributed by atoms with Crippen molar-refractivity contribution in [3.8, 4) is 0 Å². The van der Waals surface area contributed by atoms with Gasteiger partial charge in [-0.3, -0.25) is 14.7 Å². The number of nitrogens with zero attached hydrogens (tertiary/aromatic N) is 4. The first-order chi connectivity index (χ1) is 17.5. The molecule has 3 aliphatic rings. The van der Waals surface area contributed by atoms with Gasteiger partial charge in [0, 0.05) is 51.4 Å². The van der Waals surface area contributed by atoms with Gasteiger partial charge in [-0.2, -0.15) is 0 Å². The second-order valence-electron chi connectivity index (χ2n) is 9.39. The van der Waals surface area contributed by atoms with E-state index in [0.717, 1.165) is 43.9 Å². The average Bonchev–Trinajstić information content (AvgIpc) is 2.90. The molecule has 1 aromatic carbocycles. The van der Waals surface area contributed by atoms with Gasteiger partial charge in [0.2, 0.25) is 0 Å². The molecule has 4 N–H and O–H groups in total. The highest BCUT2D eigenvalue weighted by Crippen LogP contribution is 2.18. The Kier molecular flexibility index (Phi) is 8.96. The van der Waals surface area contributed by atoms with E-state index in [1.165, 1.54) is 24.5 Å². The molecule has 4 rings (SSSR count). The van der Waals surface area contributed by atoms with Crippen molar-refractivity contribution >= 4 is 17.8 Å². The lowest BCUT2D eigenvalue weighted by molar-refractivity contribution is -0.125. The number of hydrogen-bond donors (Lipinski definition) is 4. The Balaban J connectivity index is 1.23. The van der Waals surface area contributed by atoms with Gasteiger partial charge in [0.05, 0.1) is 17.5 Å². The number of β-amino-alcohol motifs (C(OH)–C–C–N with tert-alkyl or cyclic N) is 1. The predicted octanol–water partition coefficient (Wildman–Crippen LogP) is 0.565. The highest BCUT2D eigenvalue weighted by molar-refractivity contribution is 6.26. The highest BCUT2D eigenvalue weighted by Gasteiger charge is 2.24. The summed E-state index contributed by atoms with van der Waals surface area (Å²) in [5.41, 5.74) is 4.17. The fourth-order valence-corrected chi connectivity index (χ4v) is 4.82. The number of nitrogens with one attached hydrogen (secondary N) is 3. The summed E-state index contributed by atoms with van der Waals surface area (Å²) in [6.45, 7) is 8.69. The molecular formula is C26H37N7O3. The fourth-order valence-electron chi connectivity index (χ4n) is 4.82. The van der Waals surface area contributed by atoms with Crippen LogP contribution in [0.1, 0.15) is 24.0 Å². The van der Waals surface area contributed by atoms with Crippen LogP contribution in [0.25, 0.3) is 0 Å².